The predicted molar refractivity (Wildman–Crippen MR) is 98.5 cm³/mol. The summed E-state index contributed by atoms with van der Waals surface area (Å²) in [5.41, 5.74) is 3.33. The minimum absolute atomic E-state index is 0.0195. The number of hydrogen-bond donors (Lipinski definition) is 0. The van der Waals surface area contributed by atoms with Crippen molar-refractivity contribution in [3.05, 3.63) is 68.8 Å². The van der Waals surface area contributed by atoms with Crippen LogP contribution in [0.1, 0.15) is 22.4 Å². The first kappa shape index (κ1) is 16.5. The fourth-order valence-electron chi connectivity index (χ4n) is 2.86. The van der Waals surface area contributed by atoms with Crippen LogP contribution >= 0.6 is 11.3 Å². The van der Waals surface area contributed by atoms with Crippen molar-refractivity contribution < 1.29 is 13.9 Å². The molecule has 0 aliphatic heterocycles. The highest BCUT2D eigenvalue weighted by atomic mass is 32.1. The number of fused-ring (bicyclic) bond motifs is 2. The third kappa shape index (κ3) is 3.01. The maximum atomic E-state index is 12.2. The average molecular weight is 368 g/mol. The number of benzene rings is 1. The van der Waals surface area contributed by atoms with E-state index in [0.717, 1.165) is 21.5 Å². The van der Waals surface area contributed by atoms with Gasteiger partial charge in [0.1, 0.15) is 12.2 Å². The number of imidazole rings is 1. The lowest BCUT2D eigenvalue weighted by Crippen LogP contribution is -2.10. The SMILES string of the molecule is Cc1ccc2c(COC(=O)Cc3cn4ccsc4n3)cc(=O)oc2c1C. The third-order valence-electron chi connectivity index (χ3n) is 4.37. The van der Waals surface area contributed by atoms with E-state index in [0.29, 0.717) is 16.8 Å². The van der Waals surface area contributed by atoms with E-state index in [4.69, 9.17) is 9.15 Å². The summed E-state index contributed by atoms with van der Waals surface area (Å²) in [7, 11) is 0. The third-order valence-corrected chi connectivity index (χ3v) is 5.15. The van der Waals surface area contributed by atoms with Crippen LogP contribution in [-0.4, -0.2) is 15.4 Å². The lowest BCUT2D eigenvalue weighted by molar-refractivity contribution is -0.144. The van der Waals surface area contributed by atoms with Crippen LogP contribution in [0.15, 0.2) is 45.2 Å². The second-order valence-electron chi connectivity index (χ2n) is 6.14. The highest BCUT2D eigenvalue weighted by molar-refractivity contribution is 7.15. The van der Waals surface area contributed by atoms with Gasteiger partial charge >= 0.3 is 11.6 Å². The molecule has 0 bridgehead atoms. The molecular formula is C19H16N2O4S. The number of esters is 1. The molecule has 132 valence electrons. The minimum atomic E-state index is -0.452. The Morgan fingerprint density at radius 3 is 3.00 bits per heavy atom. The Hall–Kier alpha value is -2.93. The molecule has 0 N–H and O–H groups in total. The van der Waals surface area contributed by atoms with Crippen molar-refractivity contribution in [1.82, 2.24) is 9.38 Å². The monoisotopic (exact) mass is 368 g/mol. The molecule has 0 saturated heterocycles. The summed E-state index contributed by atoms with van der Waals surface area (Å²) >= 11 is 1.51. The maximum absolute atomic E-state index is 12.2. The molecule has 0 unspecified atom stereocenters. The summed E-state index contributed by atoms with van der Waals surface area (Å²) in [4.78, 5) is 29.2. The van der Waals surface area contributed by atoms with Crippen LogP contribution in [0.25, 0.3) is 15.9 Å². The molecule has 0 fully saturated rings. The normalized spacial score (nSPS) is 11.3. The Morgan fingerprint density at radius 1 is 1.35 bits per heavy atom. The zero-order chi connectivity index (χ0) is 18.3. The Morgan fingerprint density at radius 2 is 2.19 bits per heavy atom. The number of carbonyl (C=O) groups excluding carboxylic acids is 1. The maximum Gasteiger partial charge on any atom is 0.336 e. The van der Waals surface area contributed by atoms with Gasteiger partial charge in [-0.25, -0.2) is 9.78 Å². The van der Waals surface area contributed by atoms with E-state index < -0.39 is 5.63 Å². The van der Waals surface area contributed by atoms with E-state index in [1.54, 1.807) is 0 Å². The fraction of sp³-hybridized carbons (Fsp3) is 0.211. The molecule has 7 heteroatoms. The van der Waals surface area contributed by atoms with Gasteiger partial charge in [-0.3, -0.25) is 9.20 Å². The van der Waals surface area contributed by atoms with Crippen LogP contribution < -0.4 is 5.63 Å². The van der Waals surface area contributed by atoms with Gasteiger partial charge in [0, 0.05) is 34.8 Å². The molecule has 3 heterocycles. The fourth-order valence-corrected chi connectivity index (χ4v) is 3.58. The van der Waals surface area contributed by atoms with Gasteiger partial charge in [0.25, 0.3) is 0 Å². The highest BCUT2D eigenvalue weighted by Crippen LogP contribution is 2.23. The number of ether oxygens (including phenoxy) is 1. The van der Waals surface area contributed by atoms with Crippen LogP contribution in [0, 0.1) is 13.8 Å². The molecule has 0 radical (unpaired) electrons. The van der Waals surface area contributed by atoms with Crippen molar-refractivity contribution in [1.29, 1.82) is 0 Å². The number of aryl methyl sites for hydroxylation is 2. The molecule has 0 aliphatic rings. The summed E-state index contributed by atoms with van der Waals surface area (Å²) in [6.45, 7) is 3.88. The molecule has 0 saturated carbocycles. The van der Waals surface area contributed by atoms with Gasteiger partial charge in [-0.1, -0.05) is 12.1 Å². The van der Waals surface area contributed by atoms with Gasteiger partial charge in [-0.2, -0.15) is 0 Å². The lowest BCUT2D eigenvalue weighted by Gasteiger charge is -2.09. The van der Waals surface area contributed by atoms with Gasteiger partial charge in [0.15, 0.2) is 4.96 Å². The van der Waals surface area contributed by atoms with Crippen molar-refractivity contribution in [3.63, 3.8) is 0 Å². The van der Waals surface area contributed by atoms with Crippen LogP contribution in [0.5, 0.6) is 0 Å². The van der Waals surface area contributed by atoms with Gasteiger partial charge in [0.05, 0.1) is 12.1 Å². The van der Waals surface area contributed by atoms with Gasteiger partial charge in [0.2, 0.25) is 0 Å². The summed E-state index contributed by atoms with van der Waals surface area (Å²) in [5, 5.41) is 2.71. The minimum Gasteiger partial charge on any atom is -0.460 e. The first-order chi connectivity index (χ1) is 12.5. The number of nitrogens with zero attached hydrogens (tertiary/aromatic N) is 2. The topological polar surface area (TPSA) is 73.8 Å². The van der Waals surface area contributed by atoms with Crippen LogP contribution in [-0.2, 0) is 22.6 Å². The van der Waals surface area contributed by atoms with E-state index in [9.17, 15) is 9.59 Å². The molecule has 1 aromatic carbocycles. The summed E-state index contributed by atoms with van der Waals surface area (Å²) in [6.07, 6.45) is 3.79. The van der Waals surface area contributed by atoms with Crippen molar-refractivity contribution in [3.8, 4) is 0 Å². The van der Waals surface area contributed by atoms with E-state index in [1.165, 1.54) is 17.4 Å². The van der Waals surface area contributed by atoms with Gasteiger partial charge in [-0.15, -0.1) is 11.3 Å². The number of aromatic nitrogens is 2. The molecule has 0 amide bonds. The number of carbonyl (C=O) groups is 1. The quantitative estimate of drug-likeness (QED) is 0.408. The highest BCUT2D eigenvalue weighted by Gasteiger charge is 2.13. The zero-order valence-electron chi connectivity index (χ0n) is 14.3. The first-order valence-corrected chi connectivity index (χ1v) is 8.99. The van der Waals surface area contributed by atoms with Crippen LogP contribution in [0.4, 0.5) is 0 Å². The van der Waals surface area contributed by atoms with Crippen molar-refractivity contribution in [2.45, 2.75) is 26.9 Å². The van der Waals surface area contributed by atoms with E-state index >= 15 is 0 Å². The van der Waals surface area contributed by atoms with Gasteiger partial charge in [-0.05, 0) is 25.0 Å². The smallest absolute Gasteiger partial charge is 0.336 e. The average Bonchev–Trinajstić information content (AvgIpc) is 3.18. The largest absolute Gasteiger partial charge is 0.460 e. The molecule has 3 aromatic heterocycles. The van der Waals surface area contributed by atoms with E-state index in [2.05, 4.69) is 4.98 Å². The first-order valence-electron chi connectivity index (χ1n) is 8.11. The number of rotatable bonds is 4. The Kier molecular flexibility index (Phi) is 4.08. The Balaban J connectivity index is 1.53. The molecule has 6 nitrogen and oxygen atoms in total. The molecule has 26 heavy (non-hydrogen) atoms. The summed E-state index contributed by atoms with van der Waals surface area (Å²) in [6, 6.07) is 5.21. The summed E-state index contributed by atoms with van der Waals surface area (Å²) < 4.78 is 12.6. The molecule has 4 aromatic rings. The van der Waals surface area contributed by atoms with Crippen molar-refractivity contribution in [2.24, 2.45) is 0 Å². The number of thiazole rings is 1. The van der Waals surface area contributed by atoms with Crippen LogP contribution in [0.3, 0.4) is 0 Å². The molecule has 0 atom stereocenters. The van der Waals surface area contributed by atoms with Crippen molar-refractivity contribution in [2.75, 3.05) is 0 Å². The van der Waals surface area contributed by atoms with Crippen molar-refractivity contribution >= 4 is 33.2 Å². The second-order valence-corrected chi connectivity index (χ2v) is 7.01. The summed E-state index contributed by atoms with van der Waals surface area (Å²) in [5.74, 6) is -0.388. The molecule has 0 aliphatic carbocycles. The molecule has 0 spiro atoms. The standard InChI is InChI=1S/C19H16N2O4S/c1-11-3-4-15-13(7-17(23)25-18(15)12(11)2)10-24-16(22)8-14-9-21-5-6-26-19(21)20-14/h3-7,9H,8,10H2,1-2H3. The van der Waals surface area contributed by atoms with Gasteiger partial charge < -0.3 is 9.15 Å². The Labute approximate surface area is 152 Å². The number of hydrogen-bond acceptors (Lipinski definition) is 6. The molecule has 4 rings (SSSR count). The molecular weight excluding hydrogens is 352 g/mol. The van der Waals surface area contributed by atoms with E-state index in [1.807, 2.05) is 48.2 Å². The predicted octanol–water partition coefficient (Wildman–Crippen LogP) is 3.40. The van der Waals surface area contributed by atoms with Crippen LogP contribution in [0.2, 0.25) is 0 Å². The zero-order valence-corrected chi connectivity index (χ0v) is 15.1. The van der Waals surface area contributed by atoms with E-state index in [-0.39, 0.29) is 19.0 Å². The second kappa shape index (κ2) is 6.42. The Bertz CT molecular complexity index is 1160. The lowest BCUT2D eigenvalue weighted by atomic mass is 10.0.